The normalized spacial score (nSPS) is 24.4. The summed E-state index contributed by atoms with van der Waals surface area (Å²) in [6.45, 7) is 2.68. The zero-order valence-electron chi connectivity index (χ0n) is 12.0. The Morgan fingerprint density at radius 3 is 3.19 bits per heavy atom. The summed E-state index contributed by atoms with van der Waals surface area (Å²) >= 11 is 0. The molecule has 3 rings (SSSR count). The van der Waals surface area contributed by atoms with E-state index in [1.54, 1.807) is 0 Å². The van der Waals surface area contributed by atoms with Crippen molar-refractivity contribution in [2.75, 3.05) is 26.3 Å². The van der Waals surface area contributed by atoms with Crippen molar-refractivity contribution in [1.82, 2.24) is 5.32 Å². The van der Waals surface area contributed by atoms with Gasteiger partial charge in [-0.2, -0.15) is 0 Å². The number of nitrogens with one attached hydrogen (secondary N) is 1. The number of benzene rings is 1. The summed E-state index contributed by atoms with van der Waals surface area (Å²) in [5, 5.41) is 12.2. The minimum absolute atomic E-state index is 0.00221. The van der Waals surface area contributed by atoms with Crippen LogP contribution < -0.4 is 10.1 Å². The molecule has 1 fully saturated rings. The number of ether oxygens (including phenoxy) is 2. The topological polar surface area (TPSA) is 67.8 Å². The second kappa shape index (κ2) is 6.45. The molecule has 21 heavy (non-hydrogen) atoms. The molecule has 5 heteroatoms. The van der Waals surface area contributed by atoms with Crippen LogP contribution in [0.5, 0.6) is 5.75 Å². The number of piperidine rings is 1. The van der Waals surface area contributed by atoms with Gasteiger partial charge in [0.2, 0.25) is 0 Å². The molecule has 1 saturated heterocycles. The second-order valence-corrected chi connectivity index (χ2v) is 5.71. The fourth-order valence-corrected chi connectivity index (χ4v) is 2.96. The highest BCUT2D eigenvalue weighted by atomic mass is 16.5. The van der Waals surface area contributed by atoms with Crippen molar-refractivity contribution in [3.8, 4) is 5.75 Å². The van der Waals surface area contributed by atoms with E-state index >= 15 is 0 Å². The maximum absolute atomic E-state index is 11.0. The lowest BCUT2D eigenvalue weighted by Gasteiger charge is -2.27. The Hall–Kier alpha value is -1.59. The molecular formula is C16H21NO4. The molecule has 0 bridgehead atoms. The first kappa shape index (κ1) is 14.4. The van der Waals surface area contributed by atoms with Crippen molar-refractivity contribution >= 4 is 5.97 Å². The maximum atomic E-state index is 11.0. The van der Waals surface area contributed by atoms with Gasteiger partial charge < -0.3 is 19.9 Å². The van der Waals surface area contributed by atoms with E-state index in [1.807, 2.05) is 6.07 Å². The molecule has 2 atom stereocenters. The Kier molecular flexibility index (Phi) is 4.41. The molecule has 2 aliphatic rings. The number of rotatable bonds is 5. The van der Waals surface area contributed by atoms with Gasteiger partial charge in [-0.3, -0.25) is 4.79 Å². The molecule has 0 aromatic heterocycles. The van der Waals surface area contributed by atoms with Gasteiger partial charge in [0.05, 0.1) is 25.2 Å². The maximum Gasteiger partial charge on any atom is 0.307 e. The summed E-state index contributed by atoms with van der Waals surface area (Å²) in [6, 6.07) is 6.29. The van der Waals surface area contributed by atoms with Crippen LogP contribution in [0.2, 0.25) is 0 Å². The Labute approximate surface area is 124 Å². The fourth-order valence-electron chi connectivity index (χ4n) is 2.96. The van der Waals surface area contributed by atoms with Crippen molar-refractivity contribution in [3.05, 3.63) is 29.3 Å². The van der Waals surface area contributed by atoms with Crippen LogP contribution in [0.15, 0.2) is 18.2 Å². The summed E-state index contributed by atoms with van der Waals surface area (Å²) < 4.78 is 11.3. The standard InChI is InChI=1S/C16H21NO4/c18-16(19)13-8-14(10-17-9-13)20-5-3-11-1-2-15-12(7-11)4-6-21-15/h1-2,7,13-14,17H,3-6,8-10H2,(H,18,19). The number of carboxylic acids is 1. The van der Waals surface area contributed by atoms with Crippen LogP contribution in [-0.4, -0.2) is 43.5 Å². The first-order valence-electron chi connectivity index (χ1n) is 7.52. The minimum atomic E-state index is -0.741. The number of hydrogen-bond acceptors (Lipinski definition) is 4. The molecule has 5 nitrogen and oxygen atoms in total. The van der Waals surface area contributed by atoms with Crippen LogP contribution in [0.25, 0.3) is 0 Å². The SMILES string of the molecule is O=C(O)C1CNCC(OCCc2ccc3c(c2)CCO3)C1. The molecule has 2 N–H and O–H groups in total. The lowest BCUT2D eigenvalue weighted by Crippen LogP contribution is -2.43. The molecule has 0 radical (unpaired) electrons. The number of aliphatic carboxylic acids is 1. The molecule has 0 amide bonds. The van der Waals surface area contributed by atoms with E-state index < -0.39 is 5.97 Å². The van der Waals surface area contributed by atoms with Gasteiger partial charge in [0.15, 0.2) is 0 Å². The molecule has 1 aromatic carbocycles. The molecule has 0 saturated carbocycles. The number of fused-ring (bicyclic) bond motifs is 1. The Bertz CT molecular complexity index is 517. The molecule has 2 unspecified atom stereocenters. The van der Waals surface area contributed by atoms with Gasteiger partial charge in [-0.1, -0.05) is 12.1 Å². The van der Waals surface area contributed by atoms with Crippen molar-refractivity contribution < 1.29 is 19.4 Å². The van der Waals surface area contributed by atoms with E-state index in [0.717, 1.165) is 31.7 Å². The van der Waals surface area contributed by atoms with Crippen LogP contribution in [0.3, 0.4) is 0 Å². The number of carboxylic acid groups (broad SMARTS) is 1. The van der Waals surface area contributed by atoms with E-state index in [0.29, 0.717) is 19.6 Å². The van der Waals surface area contributed by atoms with E-state index in [2.05, 4.69) is 17.4 Å². The zero-order valence-corrected chi connectivity index (χ0v) is 12.0. The molecule has 2 heterocycles. The van der Waals surface area contributed by atoms with Gasteiger partial charge in [-0.25, -0.2) is 0 Å². The van der Waals surface area contributed by atoms with E-state index in [4.69, 9.17) is 14.6 Å². The zero-order chi connectivity index (χ0) is 14.7. The molecule has 114 valence electrons. The van der Waals surface area contributed by atoms with Crippen LogP contribution in [-0.2, 0) is 22.4 Å². The lowest BCUT2D eigenvalue weighted by atomic mass is 9.98. The predicted octanol–water partition coefficient (Wildman–Crippen LogP) is 1.24. The number of hydrogen-bond donors (Lipinski definition) is 2. The summed E-state index contributed by atoms with van der Waals surface area (Å²) in [4.78, 5) is 11.0. The Balaban J connectivity index is 1.46. The summed E-state index contributed by atoms with van der Waals surface area (Å²) in [5.41, 5.74) is 2.52. The van der Waals surface area contributed by atoms with Crippen molar-refractivity contribution in [3.63, 3.8) is 0 Å². The van der Waals surface area contributed by atoms with Gasteiger partial charge in [0.25, 0.3) is 0 Å². The van der Waals surface area contributed by atoms with Gasteiger partial charge in [0.1, 0.15) is 5.75 Å². The Morgan fingerprint density at radius 2 is 2.33 bits per heavy atom. The predicted molar refractivity (Wildman–Crippen MR) is 77.7 cm³/mol. The lowest BCUT2D eigenvalue weighted by molar-refractivity contribution is -0.144. The molecular weight excluding hydrogens is 270 g/mol. The van der Waals surface area contributed by atoms with Crippen LogP contribution in [0, 0.1) is 5.92 Å². The number of carbonyl (C=O) groups is 1. The second-order valence-electron chi connectivity index (χ2n) is 5.71. The van der Waals surface area contributed by atoms with Crippen molar-refractivity contribution in [2.24, 2.45) is 5.92 Å². The molecule has 0 spiro atoms. The van der Waals surface area contributed by atoms with Crippen LogP contribution in [0.1, 0.15) is 17.5 Å². The molecule has 0 aliphatic carbocycles. The molecule has 2 aliphatic heterocycles. The average molecular weight is 291 g/mol. The van der Waals surface area contributed by atoms with E-state index in [-0.39, 0.29) is 12.0 Å². The Morgan fingerprint density at radius 1 is 1.43 bits per heavy atom. The average Bonchev–Trinajstić information content (AvgIpc) is 2.95. The van der Waals surface area contributed by atoms with E-state index in [9.17, 15) is 4.79 Å². The van der Waals surface area contributed by atoms with Crippen molar-refractivity contribution in [2.45, 2.75) is 25.4 Å². The van der Waals surface area contributed by atoms with Crippen LogP contribution in [0.4, 0.5) is 0 Å². The summed E-state index contributed by atoms with van der Waals surface area (Å²) in [7, 11) is 0. The summed E-state index contributed by atoms with van der Waals surface area (Å²) in [5.74, 6) is -0.0734. The largest absolute Gasteiger partial charge is 0.493 e. The van der Waals surface area contributed by atoms with Gasteiger partial charge >= 0.3 is 5.97 Å². The fraction of sp³-hybridized carbons (Fsp3) is 0.562. The quantitative estimate of drug-likeness (QED) is 0.854. The molecule has 1 aromatic rings. The first-order valence-corrected chi connectivity index (χ1v) is 7.52. The van der Waals surface area contributed by atoms with E-state index in [1.165, 1.54) is 11.1 Å². The third kappa shape index (κ3) is 3.54. The third-order valence-electron chi connectivity index (χ3n) is 4.16. The van der Waals surface area contributed by atoms with Crippen LogP contribution >= 0.6 is 0 Å². The van der Waals surface area contributed by atoms with Gasteiger partial charge in [-0.05, 0) is 30.0 Å². The highest BCUT2D eigenvalue weighted by Gasteiger charge is 2.27. The first-order chi connectivity index (χ1) is 10.2. The monoisotopic (exact) mass is 291 g/mol. The highest BCUT2D eigenvalue weighted by Crippen LogP contribution is 2.26. The van der Waals surface area contributed by atoms with Crippen molar-refractivity contribution in [1.29, 1.82) is 0 Å². The third-order valence-corrected chi connectivity index (χ3v) is 4.16. The van der Waals surface area contributed by atoms with Gasteiger partial charge in [-0.15, -0.1) is 0 Å². The van der Waals surface area contributed by atoms with Gasteiger partial charge in [0, 0.05) is 19.5 Å². The summed E-state index contributed by atoms with van der Waals surface area (Å²) in [6.07, 6.45) is 2.43. The minimum Gasteiger partial charge on any atom is -0.493 e. The highest BCUT2D eigenvalue weighted by molar-refractivity contribution is 5.70. The smallest absolute Gasteiger partial charge is 0.307 e.